The van der Waals surface area contributed by atoms with Gasteiger partial charge in [-0.2, -0.15) is 0 Å². The number of hydrogen-bond acceptors (Lipinski definition) is 4. The number of carbonyl (C=O) groups excluding carboxylic acids is 2. The van der Waals surface area contributed by atoms with Crippen LogP contribution in [0.1, 0.15) is 53.1 Å². The summed E-state index contributed by atoms with van der Waals surface area (Å²) in [7, 11) is 0. The maximum Gasteiger partial charge on any atom is 0.340 e. The molecule has 0 saturated heterocycles. The number of unbranched alkanes of at least 4 members (excludes halogenated alkanes) is 1. The topological polar surface area (TPSA) is 71.2 Å². The summed E-state index contributed by atoms with van der Waals surface area (Å²) in [5, 5.41) is 4.11. The number of esters is 1. The van der Waals surface area contributed by atoms with E-state index in [0.29, 0.717) is 11.1 Å². The minimum Gasteiger partial charge on any atom is -0.451 e. The van der Waals surface area contributed by atoms with Crippen LogP contribution < -0.4 is 5.32 Å². The normalized spacial score (nSPS) is 12.0. The summed E-state index contributed by atoms with van der Waals surface area (Å²) >= 11 is 0. The van der Waals surface area contributed by atoms with Crippen LogP contribution in [0.5, 0.6) is 0 Å². The number of para-hydroxylation sites is 2. The first-order valence-corrected chi connectivity index (χ1v) is 9.68. The number of hydrogen-bond donors (Lipinski definition) is 2. The van der Waals surface area contributed by atoms with Crippen molar-refractivity contribution in [3.63, 3.8) is 0 Å². The number of aromatic amines is 1. The Labute approximate surface area is 165 Å². The number of fused-ring (bicyclic) bond motifs is 1. The minimum absolute atomic E-state index is 0.209. The lowest BCUT2D eigenvalue weighted by atomic mass is 10.0. The summed E-state index contributed by atoms with van der Waals surface area (Å²) in [5.74, 6) is -0.710. The van der Waals surface area contributed by atoms with Crippen LogP contribution in [0.25, 0.3) is 10.9 Å². The van der Waals surface area contributed by atoms with E-state index in [1.165, 1.54) is 0 Å². The Hall–Kier alpha value is -3.08. The average Bonchev–Trinajstić information content (AvgIpc) is 3.03. The lowest BCUT2D eigenvalue weighted by Crippen LogP contribution is -2.25. The van der Waals surface area contributed by atoms with Crippen LogP contribution in [0, 0.1) is 6.92 Å². The number of nitrogens with one attached hydrogen (secondary N) is 2. The predicted molar refractivity (Wildman–Crippen MR) is 112 cm³/mol. The Morgan fingerprint density at radius 1 is 1.11 bits per heavy atom. The number of benzene rings is 2. The highest BCUT2D eigenvalue weighted by molar-refractivity contribution is 6.12. The van der Waals surface area contributed by atoms with Crippen molar-refractivity contribution in [3.05, 3.63) is 65.4 Å². The zero-order chi connectivity index (χ0) is 20.1. The van der Waals surface area contributed by atoms with Crippen molar-refractivity contribution in [2.45, 2.75) is 39.7 Å². The standard InChI is InChI=1S/C23H26N2O3/c1-4-5-14-24-19-12-8-7-11-18(19)23(27)28-16(3)22(26)21-15(2)25-20-13-9-6-10-17(20)21/h6-13,16,24-25H,4-5,14H2,1-3H3/t16-/m1/s1. The molecule has 3 aromatic rings. The molecule has 0 amide bonds. The second kappa shape index (κ2) is 8.74. The molecule has 0 radical (unpaired) electrons. The summed E-state index contributed by atoms with van der Waals surface area (Å²) < 4.78 is 5.53. The zero-order valence-electron chi connectivity index (χ0n) is 16.5. The van der Waals surface area contributed by atoms with Gasteiger partial charge in [-0.1, -0.05) is 43.7 Å². The second-order valence-corrected chi connectivity index (χ2v) is 6.91. The molecular formula is C23H26N2O3. The Balaban J connectivity index is 1.77. The third-order valence-corrected chi connectivity index (χ3v) is 4.79. The number of aryl methyl sites for hydroxylation is 1. The van der Waals surface area contributed by atoms with Gasteiger partial charge in [0.15, 0.2) is 6.10 Å². The van der Waals surface area contributed by atoms with Crippen LogP contribution in [-0.4, -0.2) is 29.4 Å². The van der Waals surface area contributed by atoms with E-state index in [-0.39, 0.29) is 5.78 Å². The van der Waals surface area contributed by atoms with Crippen molar-refractivity contribution in [1.82, 2.24) is 4.98 Å². The fraction of sp³-hybridized carbons (Fsp3) is 0.304. The highest BCUT2D eigenvalue weighted by Gasteiger charge is 2.25. The maximum atomic E-state index is 13.0. The van der Waals surface area contributed by atoms with E-state index in [9.17, 15) is 9.59 Å². The van der Waals surface area contributed by atoms with Gasteiger partial charge in [-0.05, 0) is 38.5 Å². The van der Waals surface area contributed by atoms with Gasteiger partial charge in [0, 0.05) is 34.4 Å². The van der Waals surface area contributed by atoms with Gasteiger partial charge < -0.3 is 15.0 Å². The molecule has 0 aliphatic carbocycles. The van der Waals surface area contributed by atoms with Gasteiger partial charge in [-0.25, -0.2) is 4.79 Å². The molecule has 1 heterocycles. The summed E-state index contributed by atoms with van der Waals surface area (Å²) in [5.41, 5.74) is 3.41. The van der Waals surface area contributed by atoms with E-state index in [4.69, 9.17) is 4.74 Å². The molecule has 3 rings (SSSR count). The average molecular weight is 378 g/mol. The Morgan fingerprint density at radius 3 is 2.61 bits per heavy atom. The summed E-state index contributed by atoms with van der Waals surface area (Å²) in [6.07, 6.45) is 1.20. The van der Waals surface area contributed by atoms with Crippen molar-refractivity contribution < 1.29 is 14.3 Å². The van der Waals surface area contributed by atoms with Gasteiger partial charge >= 0.3 is 5.97 Å². The number of anilines is 1. The summed E-state index contributed by atoms with van der Waals surface area (Å²) in [6, 6.07) is 14.8. The number of carbonyl (C=O) groups is 2. The van der Waals surface area contributed by atoms with E-state index in [0.717, 1.165) is 41.7 Å². The lowest BCUT2D eigenvalue weighted by molar-refractivity contribution is 0.0320. The molecule has 0 spiro atoms. The lowest BCUT2D eigenvalue weighted by Gasteiger charge is -2.15. The van der Waals surface area contributed by atoms with E-state index in [1.807, 2.05) is 43.3 Å². The summed E-state index contributed by atoms with van der Waals surface area (Å²) in [4.78, 5) is 28.9. The Bertz CT molecular complexity index is 990. The van der Waals surface area contributed by atoms with Crippen LogP contribution in [0.4, 0.5) is 5.69 Å². The van der Waals surface area contributed by atoms with Crippen molar-refractivity contribution >= 4 is 28.3 Å². The van der Waals surface area contributed by atoms with Crippen molar-refractivity contribution in [3.8, 4) is 0 Å². The number of Topliss-reactive ketones (excluding diaryl/α,β-unsaturated/α-hetero) is 1. The number of ketones is 1. The minimum atomic E-state index is -0.880. The molecule has 0 unspecified atom stereocenters. The second-order valence-electron chi connectivity index (χ2n) is 6.91. The fourth-order valence-electron chi connectivity index (χ4n) is 3.29. The van der Waals surface area contributed by atoms with Crippen LogP contribution in [0.15, 0.2) is 48.5 Å². The van der Waals surface area contributed by atoms with E-state index >= 15 is 0 Å². The van der Waals surface area contributed by atoms with Crippen LogP contribution in [-0.2, 0) is 4.74 Å². The highest BCUT2D eigenvalue weighted by atomic mass is 16.5. The SMILES string of the molecule is CCCCNc1ccccc1C(=O)O[C@H](C)C(=O)c1c(C)[nH]c2ccccc12. The number of rotatable bonds is 8. The molecule has 28 heavy (non-hydrogen) atoms. The quantitative estimate of drug-likeness (QED) is 0.324. The van der Waals surface area contributed by atoms with Gasteiger partial charge in [-0.15, -0.1) is 0 Å². The third-order valence-electron chi connectivity index (χ3n) is 4.79. The molecule has 0 aliphatic rings. The number of aromatic nitrogens is 1. The van der Waals surface area contributed by atoms with Crippen molar-refractivity contribution in [2.24, 2.45) is 0 Å². The molecule has 1 atom stereocenters. The molecule has 0 saturated carbocycles. The molecule has 0 bridgehead atoms. The Morgan fingerprint density at radius 2 is 1.82 bits per heavy atom. The third kappa shape index (κ3) is 4.09. The molecule has 1 aromatic heterocycles. The molecule has 5 nitrogen and oxygen atoms in total. The molecule has 2 N–H and O–H groups in total. The van der Waals surface area contributed by atoms with Gasteiger partial charge in [0.05, 0.1) is 5.56 Å². The molecule has 0 fully saturated rings. The number of H-pyrrole nitrogens is 1. The monoisotopic (exact) mass is 378 g/mol. The predicted octanol–water partition coefficient (Wildman–Crippen LogP) is 5.12. The van der Waals surface area contributed by atoms with E-state index in [2.05, 4.69) is 17.2 Å². The molecule has 5 heteroatoms. The van der Waals surface area contributed by atoms with E-state index < -0.39 is 12.1 Å². The highest BCUT2D eigenvalue weighted by Crippen LogP contribution is 2.24. The van der Waals surface area contributed by atoms with Crippen LogP contribution >= 0.6 is 0 Å². The molecule has 0 aliphatic heterocycles. The first-order chi connectivity index (χ1) is 13.5. The molecule has 2 aromatic carbocycles. The Kier molecular flexibility index (Phi) is 6.14. The van der Waals surface area contributed by atoms with Gasteiger partial charge in [0.1, 0.15) is 0 Å². The van der Waals surface area contributed by atoms with E-state index in [1.54, 1.807) is 19.1 Å². The van der Waals surface area contributed by atoms with Crippen molar-refractivity contribution in [2.75, 3.05) is 11.9 Å². The van der Waals surface area contributed by atoms with Crippen LogP contribution in [0.2, 0.25) is 0 Å². The number of ether oxygens (including phenoxy) is 1. The molecule has 146 valence electrons. The summed E-state index contributed by atoms with van der Waals surface area (Å²) in [6.45, 7) is 6.37. The van der Waals surface area contributed by atoms with Gasteiger partial charge in [-0.3, -0.25) is 4.79 Å². The van der Waals surface area contributed by atoms with Gasteiger partial charge in [0.2, 0.25) is 5.78 Å². The van der Waals surface area contributed by atoms with Crippen LogP contribution in [0.3, 0.4) is 0 Å². The largest absolute Gasteiger partial charge is 0.451 e. The first kappa shape index (κ1) is 19.7. The smallest absolute Gasteiger partial charge is 0.340 e. The fourth-order valence-corrected chi connectivity index (χ4v) is 3.29. The van der Waals surface area contributed by atoms with Gasteiger partial charge in [0.25, 0.3) is 0 Å². The maximum absolute atomic E-state index is 13.0. The molecular weight excluding hydrogens is 352 g/mol. The van der Waals surface area contributed by atoms with Crippen molar-refractivity contribution in [1.29, 1.82) is 0 Å². The first-order valence-electron chi connectivity index (χ1n) is 9.68. The zero-order valence-corrected chi connectivity index (χ0v) is 16.5.